The molecule has 1 fully saturated rings. The lowest BCUT2D eigenvalue weighted by atomic mass is 9.89. The van der Waals surface area contributed by atoms with Gasteiger partial charge in [-0.1, -0.05) is 35.4 Å². The minimum Gasteiger partial charge on any atom is -0.447 e. The van der Waals surface area contributed by atoms with Crippen LogP contribution in [0.4, 0.5) is 26.7 Å². The number of hydrogen-bond acceptors (Lipinski definition) is 4. The van der Waals surface area contributed by atoms with Crippen LogP contribution in [-0.2, 0) is 16.0 Å². The lowest BCUT2D eigenvalue weighted by Gasteiger charge is -2.29. The van der Waals surface area contributed by atoms with Crippen molar-refractivity contribution >= 4 is 12.0 Å². The molecule has 1 heterocycles. The molecule has 0 saturated carbocycles. The van der Waals surface area contributed by atoms with E-state index in [9.17, 15) is 31.5 Å². The number of halogens is 5. The Hall–Kier alpha value is -3.66. The molecule has 3 rings (SSSR count). The van der Waals surface area contributed by atoms with Crippen LogP contribution in [0.25, 0.3) is 10.4 Å². The summed E-state index contributed by atoms with van der Waals surface area (Å²) in [5.41, 5.74) is 8.53. The fourth-order valence-corrected chi connectivity index (χ4v) is 3.53. The van der Waals surface area contributed by atoms with Gasteiger partial charge in [-0.2, -0.15) is 13.2 Å². The van der Waals surface area contributed by atoms with Crippen LogP contribution in [-0.4, -0.2) is 41.8 Å². The van der Waals surface area contributed by atoms with Gasteiger partial charge in [-0.15, -0.1) is 0 Å². The highest BCUT2D eigenvalue weighted by atomic mass is 19.4. The average Bonchev–Trinajstić information content (AvgIpc) is 3.06. The molecule has 0 aliphatic carbocycles. The van der Waals surface area contributed by atoms with Crippen LogP contribution in [0.1, 0.15) is 17.0 Å². The summed E-state index contributed by atoms with van der Waals surface area (Å²) < 4.78 is 73.8. The fourth-order valence-electron chi connectivity index (χ4n) is 3.53. The zero-order chi connectivity index (χ0) is 23.5. The Morgan fingerprint density at radius 2 is 1.81 bits per heavy atom. The van der Waals surface area contributed by atoms with E-state index in [0.29, 0.717) is 28.7 Å². The molecule has 1 saturated heterocycles. The van der Waals surface area contributed by atoms with Gasteiger partial charge < -0.3 is 4.74 Å². The monoisotopic (exact) mass is 454 g/mol. The van der Waals surface area contributed by atoms with Gasteiger partial charge in [0.2, 0.25) is 5.91 Å². The largest absolute Gasteiger partial charge is 0.447 e. The summed E-state index contributed by atoms with van der Waals surface area (Å²) >= 11 is 0. The van der Waals surface area contributed by atoms with E-state index < -0.39 is 53.4 Å². The van der Waals surface area contributed by atoms with Crippen molar-refractivity contribution in [1.82, 2.24) is 4.90 Å². The van der Waals surface area contributed by atoms with Crippen molar-refractivity contribution in [3.05, 3.63) is 81.7 Å². The summed E-state index contributed by atoms with van der Waals surface area (Å²) in [6, 6.07) is 6.12. The number of hydrogen-bond donors (Lipinski definition) is 0. The molecule has 7 nitrogen and oxygen atoms in total. The van der Waals surface area contributed by atoms with Crippen LogP contribution < -0.4 is 0 Å². The third-order valence-corrected chi connectivity index (χ3v) is 4.85. The number of ether oxygens (including phenoxy) is 1. The molecule has 32 heavy (non-hydrogen) atoms. The van der Waals surface area contributed by atoms with Crippen LogP contribution in [0.2, 0.25) is 0 Å². The zero-order valence-corrected chi connectivity index (χ0v) is 16.2. The molecular formula is C20H15F5N4O3. The number of rotatable bonds is 6. The molecule has 0 bridgehead atoms. The maximum Gasteiger partial charge on any atom is 0.416 e. The number of nitrogens with zero attached hydrogens (tertiary/aromatic N) is 4. The summed E-state index contributed by atoms with van der Waals surface area (Å²) in [5.74, 6) is -7.02. The minimum absolute atomic E-state index is 0.0760. The maximum atomic E-state index is 13.9. The molecule has 0 radical (unpaired) electrons. The van der Waals surface area contributed by atoms with E-state index in [-0.39, 0.29) is 13.0 Å². The van der Waals surface area contributed by atoms with Crippen molar-refractivity contribution in [3.63, 3.8) is 0 Å². The first-order valence-corrected chi connectivity index (χ1v) is 9.22. The van der Waals surface area contributed by atoms with Gasteiger partial charge in [-0.05, 0) is 35.2 Å². The normalized spacial score (nSPS) is 18.0. The molecule has 1 unspecified atom stereocenters. The summed E-state index contributed by atoms with van der Waals surface area (Å²) in [5, 5.41) is 2.96. The molecule has 0 aromatic heterocycles. The van der Waals surface area contributed by atoms with Gasteiger partial charge in [0.1, 0.15) is 24.3 Å². The SMILES string of the molecule is [N-]=[N+]=NC(C(=O)N1C(=O)OC[C@@H]1Cc1ccccc1)[C@@H](c1cc(F)cc(F)c1)C(F)(F)F. The first-order chi connectivity index (χ1) is 15.1. The van der Waals surface area contributed by atoms with E-state index >= 15 is 0 Å². The smallest absolute Gasteiger partial charge is 0.416 e. The fraction of sp³-hybridized carbons (Fsp3) is 0.300. The Bertz CT molecular complexity index is 1040. The third-order valence-electron chi connectivity index (χ3n) is 4.85. The highest BCUT2D eigenvalue weighted by Crippen LogP contribution is 2.40. The molecule has 2 aromatic rings. The number of benzene rings is 2. The van der Waals surface area contributed by atoms with Gasteiger partial charge in [-0.25, -0.2) is 18.5 Å². The second-order valence-electron chi connectivity index (χ2n) is 7.00. The van der Waals surface area contributed by atoms with Crippen LogP contribution in [0, 0.1) is 11.6 Å². The van der Waals surface area contributed by atoms with Crippen molar-refractivity contribution in [2.45, 2.75) is 30.6 Å². The predicted molar refractivity (Wildman–Crippen MR) is 100 cm³/mol. The maximum absolute atomic E-state index is 13.9. The van der Waals surface area contributed by atoms with Gasteiger partial charge in [0.05, 0.1) is 12.0 Å². The summed E-state index contributed by atoms with van der Waals surface area (Å²) in [6.07, 6.45) is -6.37. The molecule has 3 atom stereocenters. The number of amides is 2. The molecule has 0 N–H and O–H groups in total. The van der Waals surface area contributed by atoms with Crippen LogP contribution in [0.15, 0.2) is 53.6 Å². The molecule has 1 aliphatic heterocycles. The second-order valence-corrected chi connectivity index (χ2v) is 7.00. The standard InChI is InChI=1S/C20H15F5N4O3/c21-13-7-12(8-14(22)9-13)16(20(23,24)25)17(27-28-26)18(30)29-15(10-32-19(29)31)6-11-4-2-1-3-5-11/h1-5,7-9,15-17H,6,10H2/t15-,16+,17?/m0/s1. The topological polar surface area (TPSA) is 95.4 Å². The van der Waals surface area contributed by atoms with Crippen molar-refractivity contribution in [1.29, 1.82) is 0 Å². The highest BCUT2D eigenvalue weighted by molar-refractivity contribution is 5.97. The molecule has 0 spiro atoms. The molecule has 2 aromatic carbocycles. The number of carbonyl (C=O) groups excluding carboxylic acids is 2. The number of imide groups is 1. The van der Waals surface area contributed by atoms with Crippen LogP contribution >= 0.6 is 0 Å². The first-order valence-electron chi connectivity index (χ1n) is 9.22. The van der Waals surface area contributed by atoms with E-state index in [4.69, 9.17) is 10.3 Å². The number of cyclic esters (lactones) is 1. The lowest BCUT2D eigenvalue weighted by Crippen LogP contribution is -2.49. The number of alkyl halides is 3. The molecular weight excluding hydrogens is 439 g/mol. The zero-order valence-electron chi connectivity index (χ0n) is 16.2. The summed E-state index contributed by atoms with van der Waals surface area (Å²) in [7, 11) is 0. The Morgan fingerprint density at radius 1 is 1.19 bits per heavy atom. The first kappa shape index (κ1) is 23.0. The molecule has 2 amide bonds. The third kappa shape index (κ3) is 4.97. The van der Waals surface area contributed by atoms with Crippen LogP contribution in [0.3, 0.4) is 0 Å². The van der Waals surface area contributed by atoms with Crippen molar-refractivity contribution in [2.24, 2.45) is 5.11 Å². The Labute approximate surface area is 178 Å². The Morgan fingerprint density at radius 3 is 2.38 bits per heavy atom. The highest BCUT2D eigenvalue weighted by Gasteiger charge is 2.52. The van der Waals surface area contributed by atoms with E-state index in [1.54, 1.807) is 30.3 Å². The van der Waals surface area contributed by atoms with Crippen LogP contribution in [0.5, 0.6) is 0 Å². The number of carbonyl (C=O) groups is 2. The summed E-state index contributed by atoms with van der Waals surface area (Å²) in [6.45, 7) is -0.284. The molecule has 168 valence electrons. The average molecular weight is 454 g/mol. The quantitative estimate of drug-likeness (QED) is 0.269. The predicted octanol–water partition coefficient (Wildman–Crippen LogP) is 4.88. The molecule has 1 aliphatic rings. The van der Waals surface area contributed by atoms with E-state index in [2.05, 4.69) is 10.0 Å². The van der Waals surface area contributed by atoms with Crippen molar-refractivity contribution in [3.8, 4) is 0 Å². The minimum atomic E-state index is -5.24. The second kappa shape index (κ2) is 9.23. The van der Waals surface area contributed by atoms with Crippen molar-refractivity contribution < 1.29 is 36.3 Å². The Balaban J connectivity index is 2.01. The lowest BCUT2D eigenvalue weighted by molar-refractivity contribution is -0.163. The van der Waals surface area contributed by atoms with E-state index in [1.165, 1.54) is 0 Å². The van der Waals surface area contributed by atoms with Gasteiger partial charge in [-0.3, -0.25) is 4.79 Å². The van der Waals surface area contributed by atoms with Gasteiger partial charge in [0, 0.05) is 11.0 Å². The molecule has 12 heteroatoms. The van der Waals surface area contributed by atoms with Crippen molar-refractivity contribution in [2.75, 3.05) is 6.61 Å². The van der Waals surface area contributed by atoms with Gasteiger partial charge in [0.15, 0.2) is 0 Å². The van der Waals surface area contributed by atoms with Gasteiger partial charge in [0.25, 0.3) is 0 Å². The van der Waals surface area contributed by atoms with Gasteiger partial charge >= 0.3 is 12.3 Å². The Kier molecular flexibility index (Phi) is 6.64. The van der Waals surface area contributed by atoms with E-state index in [1.807, 2.05) is 0 Å². The van der Waals surface area contributed by atoms with E-state index in [0.717, 1.165) is 0 Å². The number of azide groups is 1. The summed E-state index contributed by atoms with van der Waals surface area (Å²) in [4.78, 5) is 28.0.